The molecule has 19 heavy (non-hydrogen) atoms. The molecular formula is C16H16F2O. The maximum atomic E-state index is 13.8. The Morgan fingerprint density at radius 1 is 1.00 bits per heavy atom. The van der Waals surface area contributed by atoms with E-state index in [4.69, 9.17) is 0 Å². The first-order chi connectivity index (χ1) is 9.00. The smallest absolute Gasteiger partial charge is 0.129 e. The topological polar surface area (TPSA) is 20.2 Å². The van der Waals surface area contributed by atoms with Crippen LogP contribution in [0.5, 0.6) is 0 Å². The second-order valence-electron chi connectivity index (χ2n) is 4.77. The molecule has 0 aromatic heterocycles. The molecule has 0 aliphatic carbocycles. The van der Waals surface area contributed by atoms with E-state index in [0.717, 1.165) is 17.7 Å². The van der Waals surface area contributed by atoms with Gasteiger partial charge in [-0.3, -0.25) is 0 Å². The first kappa shape index (κ1) is 13.7. The predicted octanol–water partition coefficient (Wildman–Crippen LogP) is 4.11. The van der Waals surface area contributed by atoms with Crippen molar-refractivity contribution in [3.63, 3.8) is 0 Å². The Labute approximate surface area is 111 Å². The molecule has 0 heterocycles. The second-order valence-corrected chi connectivity index (χ2v) is 4.77. The molecule has 0 spiro atoms. The quantitative estimate of drug-likeness (QED) is 0.882. The largest absolute Gasteiger partial charge is 0.388 e. The van der Waals surface area contributed by atoms with Crippen molar-refractivity contribution >= 4 is 0 Å². The van der Waals surface area contributed by atoms with Gasteiger partial charge in [0.2, 0.25) is 0 Å². The summed E-state index contributed by atoms with van der Waals surface area (Å²) in [6, 6.07) is 11.5. The third-order valence-corrected chi connectivity index (χ3v) is 3.40. The van der Waals surface area contributed by atoms with E-state index < -0.39 is 17.7 Å². The molecule has 0 bridgehead atoms. The lowest BCUT2D eigenvalue weighted by Gasteiger charge is -2.20. The van der Waals surface area contributed by atoms with Crippen molar-refractivity contribution in [2.45, 2.75) is 25.9 Å². The molecule has 2 rings (SSSR count). The fraction of sp³-hybridized carbons (Fsp3) is 0.250. The van der Waals surface area contributed by atoms with E-state index in [2.05, 4.69) is 0 Å². The van der Waals surface area contributed by atoms with Gasteiger partial charge in [0.05, 0.1) is 6.10 Å². The molecule has 0 saturated carbocycles. The molecular weight excluding hydrogens is 246 g/mol. The fourth-order valence-electron chi connectivity index (χ4n) is 2.10. The zero-order valence-electron chi connectivity index (χ0n) is 10.9. The summed E-state index contributed by atoms with van der Waals surface area (Å²) >= 11 is 0. The van der Waals surface area contributed by atoms with Crippen LogP contribution in [-0.2, 0) is 0 Å². The van der Waals surface area contributed by atoms with Gasteiger partial charge in [0.15, 0.2) is 0 Å². The molecule has 100 valence electrons. The number of hydrogen-bond donors (Lipinski definition) is 1. The number of rotatable bonds is 3. The normalized spacial score (nSPS) is 14.2. The van der Waals surface area contributed by atoms with Gasteiger partial charge in [-0.2, -0.15) is 0 Å². The van der Waals surface area contributed by atoms with Gasteiger partial charge in [0.1, 0.15) is 11.6 Å². The van der Waals surface area contributed by atoms with Crippen molar-refractivity contribution in [1.29, 1.82) is 0 Å². The summed E-state index contributed by atoms with van der Waals surface area (Å²) in [7, 11) is 0. The summed E-state index contributed by atoms with van der Waals surface area (Å²) in [5.74, 6) is -1.39. The molecule has 0 saturated heterocycles. The fourth-order valence-corrected chi connectivity index (χ4v) is 2.10. The van der Waals surface area contributed by atoms with Crippen LogP contribution in [0.15, 0.2) is 42.5 Å². The Balaban J connectivity index is 2.34. The Bertz CT molecular complexity index is 566. The van der Waals surface area contributed by atoms with Crippen LogP contribution < -0.4 is 0 Å². The van der Waals surface area contributed by atoms with E-state index in [1.807, 2.05) is 30.3 Å². The summed E-state index contributed by atoms with van der Waals surface area (Å²) in [6.07, 6.45) is -1.07. The van der Waals surface area contributed by atoms with E-state index in [9.17, 15) is 13.9 Å². The lowest BCUT2D eigenvalue weighted by molar-refractivity contribution is 0.146. The van der Waals surface area contributed by atoms with Crippen molar-refractivity contribution < 1.29 is 13.9 Å². The Hall–Kier alpha value is -1.74. The molecule has 0 aliphatic rings. The van der Waals surface area contributed by atoms with Crippen LogP contribution >= 0.6 is 0 Å². The van der Waals surface area contributed by atoms with Gasteiger partial charge in [-0.05, 0) is 30.2 Å². The average molecular weight is 262 g/mol. The summed E-state index contributed by atoms with van der Waals surface area (Å²) in [4.78, 5) is 0. The van der Waals surface area contributed by atoms with Crippen molar-refractivity contribution in [1.82, 2.24) is 0 Å². The van der Waals surface area contributed by atoms with E-state index in [1.165, 1.54) is 6.92 Å². The number of benzene rings is 2. The zero-order chi connectivity index (χ0) is 14.0. The Kier molecular flexibility index (Phi) is 3.96. The van der Waals surface area contributed by atoms with Crippen LogP contribution in [0.2, 0.25) is 0 Å². The lowest BCUT2D eigenvalue weighted by Crippen LogP contribution is -2.10. The van der Waals surface area contributed by atoms with Gasteiger partial charge >= 0.3 is 0 Å². The van der Waals surface area contributed by atoms with Crippen LogP contribution in [0.25, 0.3) is 0 Å². The Morgan fingerprint density at radius 3 is 2.26 bits per heavy atom. The van der Waals surface area contributed by atoms with E-state index in [-0.39, 0.29) is 17.0 Å². The maximum absolute atomic E-state index is 13.8. The monoisotopic (exact) mass is 262 g/mol. The molecule has 0 fully saturated rings. The molecule has 1 nitrogen and oxygen atoms in total. The van der Waals surface area contributed by atoms with E-state index >= 15 is 0 Å². The van der Waals surface area contributed by atoms with Crippen molar-refractivity contribution in [3.05, 3.63) is 70.8 Å². The van der Waals surface area contributed by atoms with E-state index in [0.29, 0.717) is 0 Å². The second kappa shape index (κ2) is 5.49. The summed E-state index contributed by atoms with van der Waals surface area (Å²) in [5.41, 5.74) is 1.12. The third kappa shape index (κ3) is 2.82. The average Bonchev–Trinajstić information content (AvgIpc) is 2.42. The predicted molar refractivity (Wildman–Crippen MR) is 70.9 cm³/mol. The van der Waals surface area contributed by atoms with Crippen LogP contribution in [0.1, 0.15) is 35.6 Å². The van der Waals surface area contributed by atoms with E-state index in [1.54, 1.807) is 6.92 Å². The molecule has 0 radical (unpaired) electrons. The summed E-state index contributed by atoms with van der Waals surface area (Å²) in [6.45, 7) is 3.28. The molecule has 0 aliphatic heterocycles. The lowest BCUT2D eigenvalue weighted by atomic mass is 9.90. The SMILES string of the molecule is Cc1cc(F)c(C(O)C(C)c2ccccc2)cc1F. The van der Waals surface area contributed by atoms with Crippen LogP contribution in [-0.4, -0.2) is 5.11 Å². The van der Waals surface area contributed by atoms with Gasteiger partial charge in [-0.25, -0.2) is 8.78 Å². The minimum absolute atomic E-state index is 0.000506. The molecule has 3 heteroatoms. The number of aliphatic hydroxyl groups excluding tert-OH is 1. The van der Waals surface area contributed by atoms with Crippen LogP contribution in [0.4, 0.5) is 8.78 Å². The number of halogens is 2. The highest BCUT2D eigenvalue weighted by molar-refractivity contribution is 5.30. The van der Waals surface area contributed by atoms with Crippen molar-refractivity contribution in [2.24, 2.45) is 0 Å². The molecule has 2 aromatic rings. The molecule has 0 amide bonds. The highest BCUT2D eigenvalue weighted by Gasteiger charge is 2.22. The van der Waals surface area contributed by atoms with Crippen molar-refractivity contribution in [2.75, 3.05) is 0 Å². The number of aliphatic hydroxyl groups is 1. The van der Waals surface area contributed by atoms with Gasteiger partial charge in [-0.15, -0.1) is 0 Å². The highest BCUT2D eigenvalue weighted by atomic mass is 19.1. The first-order valence-electron chi connectivity index (χ1n) is 6.19. The highest BCUT2D eigenvalue weighted by Crippen LogP contribution is 2.32. The molecule has 1 N–H and O–H groups in total. The Morgan fingerprint density at radius 2 is 1.63 bits per heavy atom. The van der Waals surface area contributed by atoms with Gasteiger partial charge in [0, 0.05) is 11.5 Å². The minimum Gasteiger partial charge on any atom is -0.388 e. The van der Waals surface area contributed by atoms with Crippen molar-refractivity contribution in [3.8, 4) is 0 Å². The number of aryl methyl sites for hydroxylation is 1. The van der Waals surface area contributed by atoms with Gasteiger partial charge < -0.3 is 5.11 Å². The molecule has 2 unspecified atom stereocenters. The molecule has 2 atom stereocenters. The van der Waals surface area contributed by atoms with Crippen LogP contribution in [0, 0.1) is 18.6 Å². The molecule has 2 aromatic carbocycles. The third-order valence-electron chi connectivity index (χ3n) is 3.40. The van der Waals surface area contributed by atoms with Gasteiger partial charge in [0.25, 0.3) is 0 Å². The summed E-state index contributed by atoms with van der Waals surface area (Å²) < 4.78 is 27.3. The minimum atomic E-state index is -1.07. The van der Waals surface area contributed by atoms with Gasteiger partial charge in [-0.1, -0.05) is 37.3 Å². The standard InChI is InChI=1S/C16H16F2O/c1-10-8-15(18)13(9-14(10)17)16(19)11(2)12-6-4-3-5-7-12/h3-9,11,16,19H,1-2H3. The first-order valence-corrected chi connectivity index (χ1v) is 6.19. The summed E-state index contributed by atoms with van der Waals surface area (Å²) in [5, 5.41) is 10.2. The number of hydrogen-bond acceptors (Lipinski definition) is 1. The zero-order valence-corrected chi connectivity index (χ0v) is 10.9. The van der Waals surface area contributed by atoms with Crippen LogP contribution in [0.3, 0.4) is 0 Å². The maximum Gasteiger partial charge on any atom is 0.129 e.